The fourth-order valence-electron chi connectivity index (χ4n) is 1.43. The van der Waals surface area contributed by atoms with E-state index in [1.807, 2.05) is 19.1 Å². The Bertz CT molecular complexity index is 389. The molecule has 0 radical (unpaired) electrons. The second kappa shape index (κ2) is 6.22. The molecular formula is C12H18N2O3. The van der Waals surface area contributed by atoms with E-state index in [-0.39, 0.29) is 12.5 Å². The van der Waals surface area contributed by atoms with Gasteiger partial charge in [0.2, 0.25) is 0 Å². The second-order valence-electron chi connectivity index (χ2n) is 3.65. The number of amides is 1. The smallest absolute Gasteiger partial charge is 0.254 e. The summed E-state index contributed by atoms with van der Waals surface area (Å²) in [6.45, 7) is 2.09. The van der Waals surface area contributed by atoms with E-state index in [0.29, 0.717) is 11.4 Å². The number of nitrogens with two attached hydrogens (primary N) is 1. The molecule has 1 aromatic carbocycles. The molecule has 1 rings (SSSR count). The third-order valence-corrected chi connectivity index (χ3v) is 2.41. The highest BCUT2D eigenvalue weighted by Crippen LogP contribution is 2.25. The lowest BCUT2D eigenvalue weighted by Gasteiger charge is -2.15. The Labute approximate surface area is 101 Å². The van der Waals surface area contributed by atoms with E-state index in [2.05, 4.69) is 5.32 Å². The number of carbonyl (C=O) groups excluding carboxylic acids is 1. The van der Waals surface area contributed by atoms with E-state index in [1.165, 1.54) is 7.11 Å². The van der Waals surface area contributed by atoms with Crippen molar-refractivity contribution in [1.29, 1.82) is 0 Å². The van der Waals surface area contributed by atoms with E-state index < -0.39 is 6.10 Å². The number of carbonyl (C=O) groups is 1. The highest BCUT2D eigenvalue weighted by molar-refractivity contribution is 5.95. The van der Waals surface area contributed by atoms with Crippen LogP contribution in [-0.2, 0) is 9.53 Å². The van der Waals surface area contributed by atoms with Crippen LogP contribution in [0.25, 0.3) is 0 Å². The van der Waals surface area contributed by atoms with Gasteiger partial charge < -0.3 is 20.5 Å². The van der Waals surface area contributed by atoms with Crippen LogP contribution in [0.4, 0.5) is 5.69 Å². The zero-order chi connectivity index (χ0) is 12.8. The molecule has 0 aliphatic carbocycles. The van der Waals surface area contributed by atoms with Gasteiger partial charge in [0, 0.05) is 13.7 Å². The molecular weight excluding hydrogens is 220 g/mol. The Balaban J connectivity index is 2.84. The predicted octanol–water partition coefficient (Wildman–Crippen LogP) is 0.916. The molecule has 94 valence electrons. The first kappa shape index (κ1) is 13.5. The van der Waals surface area contributed by atoms with Gasteiger partial charge in [-0.25, -0.2) is 0 Å². The first-order chi connectivity index (χ1) is 8.12. The summed E-state index contributed by atoms with van der Waals surface area (Å²) in [6.07, 6.45) is -0.652. The maximum Gasteiger partial charge on any atom is 0.254 e. The molecule has 0 heterocycles. The highest BCUT2D eigenvalue weighted by atomic mass is 16.5. The van der Waals surface area contributed by atoms with Crippen molar-refractivity contribution < 1.29 is 14.3 Å². The summed E-state index contributed by atoms with van der Waals surface area (Å²) in [5.41, 5.74) is 7.08. The average molecular weight is 238 g/mol. The molecule has 5 nitrogen and oxygen atoms in total. The minimum absolute atomic E-state index is 0.135. The summed E-state index contributed by atoms with van der Waals surface area (Å²) in [5, 5.41) is 2.72. The molecule has 0 fully saturated rings. The number of hydrogen-bond acceptors (Lipinski definition) is 4. The summed E-state index contributed by atoms with van der Waals surface area (Å²) in [7, 11) is 3.00. The van der Waals surface area contributed by atoms with E-state index >= 15 is 0 Å². The molecule has 0 aliphatic rings. The van der Waals surface area contributed by atoms with Crippen LogP contribution in [0.1, 0.15) is 5.56 Å². The third-order valence-electron chi connectivity index (χ3n) is 2.41. The van der Waals surface area contributed by atoms with Gasteiger partial charge in [0.15, 0.2) is 0 Å². The lowest BCUT2D eigenvalue weighted by Crippen LogP contribution is -2.36. The van der Waals surface area contributed by atoms with Gasteiger partial charge in [0.1, 0.15) is 11.9 Å². The van der Waals surface area contributed by atoms with Gasteiger partial charge in [-0.05, 0) is 24.6 Å². The number of aryl methyl sites for hydroxylation is 1. The van der Waals surface area contributed by atoms with Crippen LogP contribution in [0.5, 0.6) is 5.75 Å². The summed E-state index contributed by atoms with van der Waals surface area (Å²) >= 11 is 0. The van der Waals surface area contributed by atoms with Gasteiger partial charge in [-0.15, -0.1) is 0 Å². The fourth-order valence-corrected chi connectivity index (χ4v) is 1.43. The SMILES string of the molecule is COc1cc(C)ccc1NC(=O)C(CN)OC. The minimum Gasteiger partial charge on any atom is -0.495 e. The molecule has 0 saturated heterocycles. The number of rotatable bonds is 5. The number of hydrogen-bond donors (Lipinski definition) is 2. The fraction of sp³-hybridized carbons (Fsp3) is 0.417. The summed E-state index contributed by atoms with van der Waals surface area (Å²) in [6, 6.07) is 5.53. The molecule has 1 aromatic rings. The van der Waals surface area contributed by atoms with Crippen molar-refractivity contribution in [2.75, 3.05) is 26.1 Å². The standard InChI is InChI=1S/C12H18N2O3/c1-8-4-5-9(10(6-8)16-2)14-12(15)11(7-13)17-3/h4-6,11H,7,13H2,1-3H3,(H,14,15). The van der Waals surface area contributed by atoms with Crippen LogP contribution in [0.2, 0.25) is 0 Å². The van der Waals surface area contributed by atoms with Crippen molar-refractivity contribution in [2.45, 2.75) is 13.0 Å². The van der Waals surface area contributed by atoms with Crippen molar-refractivity contribution >= 4 is 11.6 Å². The number of anilines is 1. The lowest BCUT2D eigenvalue weighted by atomic mass is 10.2. The Morgan fingerprint density at radius 2 is 2.18 bits per heavy atom. The lowest BCUT2D eigenvalue weighted by molar-refractivity contribution is -0.125. The molecule has 17 heavy (non-hydrogen) atoms. The molecule has 3 N–H and O–H groups in total. The van der Waals surface area contributed by atoms with Crippen LogP contribution in [0.3, 0.4) is 0 Å². The quantitative estimate of drug-likeness (QED) is 0.800. The maximum atomic E-state index is 11.8. The summed E-state index contributed by atoms with van der Waals surface area (Å²) in [5.74, 6) is 0.336. The number of ether oxygens (including phenoxy) is 2. The van der Waals surface area contributed by atoms with Crippen molar-refractivity contribution in [3.8, 4) is 5.75 Å². The normalized spacial score (nSPS) is 12.0. The molecule has 5 heteroatoms. The first-order valence-corrected chi connectivity index (χ1v) is 5.30. The van der Waals surface area contributed by atoms with Crippen molar-refractivity contribution in [3.05, 3.63) is 23.8 Å². The van der Waals surface area contributed by atoms with E-state index in [1.54, 1.807) is 13.2 Å². The Hall–Kier alpha value is -1.59. The van der Waals surface area contributed by atoms with Crippen LogP contribution in [0.15, 0.2) is 18.2 Å². The van der Waals surface area contributed by atoms with Gasteiger partial charge >= 0.3 is 0 Å². The van der Waals surface area contributed by atoms with E-state index in [0.717, 1.165) is 5.56 Å². The topological polar surface area (TPSA) is 73.6 Å². The van der Waals surface area contributed by atoms with Crippen LogP contribution < -0.4 is 15.8 Å². The maximum absolute atomic E-state index is 11.8. The minimum atomic E-state index is -0.652. The molecule has 1 amide bonds. The van der Waals surface area contributed by atoms with Crippen molar-refractivity contribution in [3.63, 3.8) is 0 Å². The van der Waals surface area contributed by atoms with Gasteiger partial charge in [-0.2, -0.15) is 0 Å². The number of benzene rings is 1. The van der Waals surface area contributed by atoms with Gasteiger partial charge in [0.25, 0.3) is 5.91 Å². The molecule has 0 saturated carbocycles. The van der Waals surface area contributed by atoms with E-state index in [4.69, 9.17) is 15.2 Å². The van der Waals surface area contributed by atoms with Crippen LogP contribution in [-0.4, -0.2) is 32.8 Å². The second-order valence-corrected chi connectivity index (χ2v) is 3.65. The van der Waals surface area contributed by atoms with Crippen LogP contribution in [0, 0.1) is 6.92 Å². The van der Waals surface area contributed by atoms with Crippen molar-refractivity contribution in [2.24, 2.45) is 5.73 Å². The van der Waals surface area contributed by atoms with Gasteiger partial charge in [-0.1, -0.05) is 6.07 Å². The summed E-state index contributed by atoms with van der Waals surface area (Å²) < 4.78 is 10.1. The van der Waals surface area contributed by atoms with E-state index in [9.17, 15) is 4.79 Å². The van der Waals surface area contributed by atoms with Crippen molar-refractivity contribution in [1.82, 2.24) is 0 Å². The number of nitrogens with one attached hydrogen (secondary N) is 1. The summed E-state index contributed by atoms with van der Waals surface area (Å²) in [4.78, 5) is 11.8. The molecule has 1 atom stereocenters. The predicted molar refractivity (Wildman–Crippen MR) is 66.2 cm³/mol. The monoisotopic (exact) mass is 238 g/mol. The Morgan fingerprint density at radius 1 is 1.47 bits per heavy atom. The largest absolute Gasteiger partial charge is 0.495 e. The highest BCUT2D eigenvalue weighted by Gasteiger charge is 2.17. The van der Waals surface area contributed by atoms with Crippen LogP contribution >= 0.6 is 0 Å². The zero-order valence-electron chi connectivity index (χ0n) is 10.3. The van der Waals surface area contributed by atoms with Gasteiger partial charge in [-0.3, -0.25) is 4.79 Å². The average Bonchev–Trinajstić information content (AvgIpc) is 2.33. The molecule has 0 spiro atoms. The first-order valence-electron chi connectivity index (χ1n) is 5.30. The number of methoxy groups -OCH3 is 2. The molecule has 1 unspecified atom stereocenters. The zero-order valence-corrected chi connectivity index (χ0v) is 10.3. The molecule has 0 bridgehead atoms. The van der Waals surface area contributed by atoms with Gasteiger partial charge in [0.05, 0.1) is 12.8 Å². The third kappa shape index (κ3) is 3.44. The molecule has 0 aromatic heterocycles. The molecule has 0 aliphatic heterocycles. The Kier molecular flexibility index (Phi) is 4.93. The Morgan fingerprint density at radius 3 is 2.71 bits per heavy atom.